The van der Waals surface area contributed by atoms with Crippen LogP contribution in [0.3, 0.4) is 0 Å². The predicted molar refractivity (Wildman–Crippen MR) is 68.9 cm³/mol. The molecule has 0 spiro atoms. The molecule has 2 rings (SSSR count). The number of phenols is 1. The highest BCUT2D eigenvalue weighted by atomic mass is 35.5. The fraction of sp³-hybridized carbons (Fsp3) is 0.538. The molecule has 1 aliphatic rings. The highest BCUT2D eigenvalue weighted by Crippen LogP contribution is 2.38. The Bertz CT molecular complexity index is 433. The molecule has 0 bridgehead atoms. The first-order valence-corrected chi connectivity index (χ1v) is 6.45. The van der Waals surface area contributed by atoms with E-state index < -0.39 is 5.82 Å². The molecule has 0 unspecified atom stereocenters. The predicted octanol–water partition coefficient (Wildman–Crippen LogP) is 2.74. The molecule has 1 heterocycles. The summed E-state index contributed by atoms with van der Waals surface area (Å²) < 4.78 is 18.5. The molecule has 0 aromatic heterocycles. The van der Waals surface area contributed by atoms with Gasteiger partial charge in [0.05, 0.1) is 12.1 Å². The van der Waals surface area contributed by atoms with E-state index in [0.29, 0.717) is 17.9 Å². The molecule has 100 valence electrons. The summed E-state index contributed by atoms with van der Waals surface area (Å²) in [6.45, 7) is 1.97. The Labute approximate surface area is 111 Å². The third kappa shape index (κ3) is 2.70. The zero-order valence-corrected chi connectivity index (χ0v) is 11.1. The van der Waals surface area contributed by atoms with Gasteiger partial charge in [-0.2, -0.15) is 0 Å². The van der Waals surface area contributed by atoms with Gasteiger partial charge < -0.3 is 15.2 Å². The summed E-state index contributed by atoms with van der Waals surface area (Å²) in [5.41, 5.74) is 0.658. The van der Waals surface area contributed by atoms with Gasteiger partial charge in [-0.05, 0) is 49.9 Å². The summed E-state index contributed by atoms with van der Waals surface area (Å²) in [7, 11) is 1.32. The van der Waals surface area contributed by atoms with Crippen molar-refractivity contribution in [3.8, 4) is 11.5 Å². The minimum Gasteiger partial charge on any atom is -0.504 e. The van der Waals surface area contributed by atoms with E-state index in [0.717, 1.165) is 25.9 Å². The summed E-state index contributed by atoms with van der Waals surface area (Å²) in [6, 6.07) is 1.50. The minimum absolute atomic E-state index is 0.00594. The van der Waals surface area contributed by atoms with Crippen molar-refractivity contribution in [1.29, 1.82) is 0 Å². The van der Waals surface area contributed by atoms with E-state index in [1.165, 1.54) is 13.2 Å². The number of rotatable bonds is 3. The molecule has 0 amide bonds. The number of methoxy groups -OCH3 is 1. The second-order valence-electron chi connectivity index (χ2n) is 4.61. The van der Waals surface area contributed by atoms with Crippen molar-refractivity contribution in [1.82, 2.24) is 5.32 Å². The van der Waals surface area contributed by atoms with Crippen LogP contribution in [0.1, 0.15) is 18.4 Å². The van der Waals surface area contributed by atoms with Gasteiger partial charge in [0.1, 0.15) is 0 Å². The number of benzene rings is 1. The molecule has 5 heteroatoms. The third-order valence-electron chi connectivity index (χ3n) is 3.40. The molecule has 3 nitrogen and oxygen atoms in total. The van der Waals surface area contributed by atoms with Gasteiger partial charge in [-0.25, -0.2) is 4.39 Å². The van der Waals surface area contributed by atoms with Crippen LogP contribution in [0.5, 0.6) is 11.5 Å². The molecule has 1 aliphatic heterocycles. The topological polar surface area (TPSA) is 41.5 Å². The molecule has 0 aliphatic carbocycles. The Hall–Kier alpha value is -1.00. The Balaban J connectivity index is 2.24. The Morgan fingerprint density at radius 3 is 2.78 bits per heavy atom. The number of ether oxygens (including phenoxy) is 1. The molecule has 1 aromatic carbocycles. The van der Waals surface area contributed by atoms with Crippen LogP contribution in [0, 0.1) is 11.7 Å². The molecule has 1 saturated heterocycles. The van der Waals surface area contributed by atoms with Crippen molar-refractivity contribution in [3.63, 3.8) is 0 Å². The Morgan fingerprint density at radius 2 is 2.17 bits per heavy atom. The molecule has 0 radical (unpaired) electrons. The quantitative estimate of drug-likeness (QED) is 0.890. The van der Waals surface area contributed by atoms with E-state index in [1.807, 2.05) is 0 Å². The molecule has 18 heavy (non-hydrogen) atoms. The second kappa shape index (κ2) is 5.76. The summed E-state index contributed by atoms with van der Waals surface area (Å²) in [4.78, 5) is 0. The van der Waals surface area contributed by atoms with Crippen LogP contribution in [0.25, 0.3) is 0 Å². The van der Waals surface area contributed by atoms with Crippen molar-refractivity contribution in [3.05, 3.63) is 22.5 Å². The first kappa shape index (κ1) is 13.4. The van der Waals surface area contributed by atoms with Crippen LogP contribution < -0.4 is 10.1 Å². The SMILES string of the molecule is COc1c(O)c(CC2CCNCC2)cc(Cl)c1F. The number of aromatic hydroxyl groups is 1. The Morgan fingerprint density at radius 1 is 1.50 bits per heavy atom. The molecule has 0 atom stereocenters. The van der Waals surface area contributed by atoms with Crippen molar-refractivity contribution in [2.75, 3.05) is 20.2 Å². The van der Waals surface area contributed by atoms with Gasteiger partial charge in [0.15, 0.2) is 17.3 Å². The highest BCUT2D eigenvalue weighted by Gasteiger charge is 2.21. The standard InChI is InChI=1S/C13H17ClFNO2/c1-18-13-11(15)10(14)7-9(12(13)17)6-8-2-4-16-5-3-8/h7-8,16-17H,2-6H2,1H3. The van der Waals surface area contributed by atoms with Crippen molar-refractivity contribution in [2.45, 2.75) is 19.3 Å². The van der Waals surface area contributed by atoms with Gasteiger partial charge in [-0.1, -0.05) is 11.6 Å². The summed E-state index contributed by atoms with van der Waals surface area (Å²) in [6.07, 6.45) is 2.80. The zero-order chi connectivity index (χ0) is 13.1. The molecular weight excluding hydrogens is 257 g/mol. The molecule has 0 saturated carbocycles. The fourth-order valence-electron chi connectivity index (χ4n) is 2.38. The monoisotopic (exact) mass is 273 g/mol. The molecular formula is C13H17ClFNO2. The van der Waals surface area contributed by atoms with Gasteiger partial charge in [-0.15, -0.1) is 0 Å². The molecule has 1 aromatic rings. The first-order chi connectivity index (χ1) is 8.63. The van der Waals surface area contributed by atoms with Crippen LogP contribution >= 0.6 is 11.6 Å². The van der Waals surface area contributed by atoms with E-state index in [2.05, 4.69) is 5.32 Å². The maximum Gasteiger partial charge on any atom is 0.198 e. The minimum atomic E-state index is -0.703. The first-order valence-electron chi connectivity index (χ1n) is 6.08. The maximum absolute atomic E-state index is 13.6. The molecule has 2 N–H and O–H groups in total. The van der Waals surface area contributed by atoms with Crippen LogP contribution in [0.2, 0.25) is 5.02 Å². The third-order valence-corrected chi connectivity index (χ3v) is 3.68. The fourth-order valence-corrected chi connectivity index (χ4v) is 2.60. The number of piperidine rings is 1. The second-order valence-corrected chi connectivity index (χ2v) is 5.02. The number of phenolic OH excluding ortho intramolecular Hbond substituents is 1. The summed E-state index contributed by atoms with van der Waals surface area (Å²) >= 11 is 5.81. The average Bonchev–Trinajstić information content (AvgIpc) is 2.38. The normalized spacial score (nSPS) is 16.8. The number of hydrogen-bond acceptors (Lipinski definition) is 3. The molecule has 1 fully saturated rings. The van der Waals surface area contributed by atoms with Crippen LogP contribution in [-0.2, 0) is 6.42 Å². The van der Waals surface area contributed by atoms with E-state index in [1.54, 1.807) is 0 Å². The lowest BCUT2D eigenvalue weighted by Gasteiger charge is -2.23. The number of halogens is 2. The van der Waals surface area contributed by atoms with Crippen LogP contribution in [0.15, 0.2) is 6.07 Å². The van der Waals surface area contributed by atoms with Crippen molar-refractivity contribution in [2.24, 2.45) is 5.92 Å². The smallest absolute Gasteiger partial charge is 0.198 e. The summed E-state index contributed by atoms with van der Waals surface area (Å²) in [5.74, 6) is -0.501. The van der Waals surface area contributed by atoms with E-state index in [-0.39, 0.29) is 16.5 Å². The van der Waals surface area contributed by atoms with Gasteiger partial charge in [0.2, 0.25) is 0 Å². The summed E-state index contributed by atoms with van der Waals surface area (Å²) in [5, 5.41) is 13.3. The largest absolute Gasteiger partial charge is 0.504 e. The lowest BCUT2D eigenvalue weighted by molar-refractivity contribution is 0.339. The van der Waals surface area contributed by atoms with Gasteiger partial charge in [0, 0.05) is 0 Å². The van der Waals surface area contributed by atoms with E-state index in [9.17, 15) is 9.50 Å². The lowest BCUT2D eigenvalue weighted by atomic mass is 9.90. The van der Waals surface area contributed by atoms with Crippen molar-refractivity contribution < 1.29 is 14.2 Å². The van der Waals surface area contributed by atoms with Gasteiger partial charge >= 0.3 is 0 Å². The highest BCUT2D eigenvalue weighted by molar-refractivity contribution is 6.31. The van der Waals surface area contributed by atoms with Crippen LogP contribution in [0.4, 0.5) is 4.39 Å². The van der Waals surface area contributed by atoms with Crippen LogP contribution in [-0.4, -0.2) is 25.3 Å². The maximum atomic E-state index is 13.6. The zero-order valence-electron chi connectivity index (χ0n) is 10.3. The van der Waals surface area contributed by atoms with Gasteiger partial charge in [0.25, 0.3) is 0 Å². The average molecular weight is 274 g/mol. The van der Waals surface area contributed by atoms with E-state index in [4.69, 9.17) is 16.3 Å². The van der Waals surface area contributed by atoms with Gasteiger partial charge in [-0.3, -0.25) is 0 Å². The lowest BCUT2D eigenvalue weighted by Crippen LogP contribution is -2.28. The number of nitrogens with one attached hydrogen (secondary N) is 1. The number of hydrogen-bond donors (Lipinski definition) is 2. The van der Waals surface area contributed by atoms with E-state index >= 15 is 0 Å². The Kier molecular flexibility index (Phi) is 4.30. The van der Waals surface area contributed by atoms with Crippen molar-refractivity contribution >= 4 is 11.6 Å².